The van der Waals surface area contributed by atoms with Gasteiger partial charge in [-0.25, -0.2) is 16.8 Å². The fourth-order valence-electron chi connectivity index (χ4n) is 7.82. The van der Waals surface area contributed by atoms with Gasteiger partial charge in [-0.05, 0) is 109 Å². The minimum Gasteiger partial charge on any atom is -0.379 e. The smallest absolute Gasteiger partial charge is 0.178 e. The van der Waals surface area contributed by atoms with Crippen LogP contribution in [0, 0.1) is 0 Å². The maximum absolute atomic E-state index is 12.7. The van der Waals surface area contributed by atoms with Crippen molar-refractivity contribution in [1.29, 1.82) is 0 Å². The summed E-state index contributed by atoms with van der Waals surface area (Å²) >= 11 is 25.4. The molecule has 1 unspecified atom stereocenters. The van der Waals surface area contributed by atoms with Crippen LogP contribution in [0.5, 0.6) is 0 Å². The van der Waals surface area contributed by atoms with Crippen LogP contribution in [0.2, 0.25) is 20.1 Å². The molecule has 4 aromatic carbocycles. The summed E-state index contributed by atoms with van der Waals surface area (Å²) in [6.45, 7) is 7.60. The van der Waals surface area contributed by atoms with E-state index in [9.17, 15) is 16.8 Å². The highest BCUT2D eigenvalue weighted by molar-refractivity contribution is 7.91. The average molecular weight is 1000 g/mol. The molecule has 0 saturated carbocycles. The molecule has 0 bridgehead atoms. The van der Waals surface area contributed by atoms with Crippen LogP contribution in [-0.4, -0.2) is 131 Å². The maximum Gasteiger partial charge on any atom is 0.178 e. The highest BCUT2D eigenvalue weighted by Crippen LogP contribution is 2.40. The van der Waals surface area contributed by atoms with Crippen LogP contribution in [0.4, 0.5) is 0 Å². The second kappa shape index (κ2) is 25.7. The fraction of sp³-hybridized carbons (Fsp3) is 0.478. The Labute approximate surface area is 399 Å². The minimum absolute atomic E-state index is 0.0379. The molecule has 0 radical (unpaired) electrons. The van der Waals surface area contributed by atoms with Gasteiger partial charge in [0.15, 0.2) is 19.7 Å². The predicted molar refractivity (Wildman–Crippen MR) is 257 cm³/mol. The molecular weight excluding hydrogens is 942 g/mol. The van der Waals surface area contributed by atoms with Gasteiger partial charge in [0.1, 0.15) is 0 Å². The lowest BCUT2D eigenvalue weighted by Crippen LogP contribution is -2.31. The van der Waals surface area contributed by atoms with E-state index < -0.39 is 19.7 Å². The number of nitrogens with zero attached hydrogens (tertiary/aromatic N) is 2. The van der Waals surface area contributed by atoms with Gasteiger partial charge < -0.3 is 40.2 Å². The molecule has 4 N–H and O–H groups in total. The van der Waals surface area contributed by atoms with Gasteiger partial charge in [-0.2, -0.15) is 0 Å². The van der Waals surface area contributed by atoms with Gasteiger partial charge >= 0.3 is 0 Å². The molecule has 0 aromatic heterocycles. The fourth-order valence-corrected chi connectivity index (χ4v) is 11.5. The van der Waals surface area contributed by atoms with E-state index in [0.717, 1.165) is 59.6 Å². The number of hydrogen-bond acceptors (Lipinski definition) is 12. The molecule has 2 aliphatic rings. The SMILES string of the molecule is CN1Cc2c(Cl)cc(Cl)cc2C(c2ccc(S(=O)(=O)CCCOCCOCCN)cc2)C1.CN1Cc2c(Cl)cc(Cl)cc2[C@H](c2ccc(S(=O)(=O)CCCOCCOCCN)cc2)C1. The molecule has 0 amide bonds. The third kappa shape index (κ3) is 15.3. The van der Waals surface area contributed by atoms with Crippen molar-refractivity contribution in [2.45, 2.75) is 47.6 Å². The summed E-state index contributed by atoms with van der Waals surface area (Å²) in [5.41, 5.74) is 17.1. The summed E-state index contributed by atoms with van der Waals surface area (Å²) < 4.78 is 72.1. The first-order chi connectivity index (χ1) is 30.6. The number of nitrogens with two attached hydrogens (primary N) is 2. The zero-order chi connectivity index (χ0) is 46.3. The van der Waals surface area contributed by atoms with Gasteiger partial charge in [-0.1, -0.05) is 70.7 Å². The first kappa shape index (κ1) is 52.6. The van der Waals surface area contributed by atoms with Crippen LogP contribution in [-0.2, 0) is 51.7 Å². The molecule has 0 saturated heterocycles. The Kier molecular flexibility index (Phi) is 21.1. The van der Waals surface area contributed by atoms with E-state index in [-0.39, 0.29) is 23.3 Å². The normalized spacial score (nSPS) is 16.8. The predicted octanol–water partition coefficient (Wildman–Crippen LogP) is 7.45. The molecule has 2 atom stereocenters. The van der Waals surface area contributed by atoms with Crippen LogP contribution in [0.25, 0.3) is 0 Å². The summed E-state index contributed by atoms with van der Waals surface area (Å²) in [7, 11) is -2.65. The van der Waals surface area contributed by atoms with Crippen molar-refractivity contribution in [3.05, 3.63) is 126 Å². The third-order valence-corrected chi connectivity index (χ3v) is 15.7. The average Bonchev–Trinajstić information content (AvgIpc) is 3.26. The van der Waals surface area contributed by atoms with E-state index >= 15 is 0 Å². The van der Waals surface area contributed by atoms with Crippen molar-refractivity contribution >= 4 is 66.1 Å². The Morgan fingerprint density at radius 1 is 0.531 bits per heavy atom. The second-order valence-corrected chi connectivity index (χ2v) is 21.8. The second-order valence-electron chi connectivity index (χ2n) is 15.9. The van der Waals surface area contributed by atoms with E-state index in [4.69, 9.17) is 76.8 Å². The topological polar surface area (TPSA) is 164 Å². The van der Waals surface area contributed by atoms with Gasteiger partial charge in [-0.3, -0.25) is 0 Å². The first-order valence-corrected chi connectivity index (χ1v) is 26.1. The molecule has 0 aliphatic carbocycles. The summed E-state index contributed by atoms with van der Waals surface area (Å²) in [4.78, 5) is 5.05. The van der Waals surface area contributed by atoms with Crippen molar-refractivity contribution in [2.75, 3.05) is 105 Å². The molecule has 2 aliphatic heterocycles. The lowest BCUT2D eigenvalue weighted by molar-refractivity contribution is 0.0512. The van der Waals surface area contributed by atoms with E-state index in [2.05, 4.69) is 9.80 Å². The highest BCUT2D eigenvalue weighted by atomic mass is 35.5. The van der Waals surface area contributed by atoms with Crippen molar-refractivity contribution in [3.8, 4) is 0 Å². The zero-order valence-corrected chi connectivity index (χ0v) is 41.1. The number of likely N-dealkylation sites (N-methyl/N-ethyl adjacent to an activating group) is 2. The summed E-state index contributed by atoms with van der Waals surface area (Å²) in [6, 6.07) is 21.8. The Morgan fingerprint density at radius 3 is 1.22 bits per heavy atom. The van der Waals surface area contributed by atoms with Gasteiger partial charge in [0.25, 0.3) is 0 Å². The Hall–Kier alpha value is -2.38. The van der Waals surface area contributed by atoms with Crippen LogP contribution in [0.1, 0.15) is 58.1 Å². The van der Waals surface area contributed by atoms with Crippen LogP contribution < -0.4 is 11.5 Å². The molecule has 0 fully saturated rings. The monoisotopic (exact) mass is 1000 g/mol. The maximum atomic E-state index is 12.7. The zero-order valence-electron chi connectivity index (χ0n) is 36.5. The molecule has 12 nitrogen and oxygen atoms in total. The van der Waals surface area contributed by atoms with Crippen molar-refractivity contribution in [2.24, 2.45) is 11.5 Å². The van der Waals surface area contributed by atoms with Crippen LogP contribution in [0.3, 0.4) is 0 Å². The number of hydrogen-bond donors (Lipinski definition) is 2. The Morgan fingerprint density at radius 2 is 0.875 bits per heavy atom. The lowest BCUT2D eigenvalue weighted by Gasteiger charge is -2.33. The van der Waals surface area contributed by atoms with E-state index in [1.807, 2.05) is 50.5 Å². The lowest BCUT2D eigenvalue weighted by atomic mass is 9.85. The molecule has 352 valence electrons. The number of halogens is 4. The van der Waals surface area contributed by atoms with Gasteiger partial charge in [-0.15, -0.1) is 0 Å². The molecular formula is C46H60Cl4N4O8S2. The molecule has 6 rings (SSSR count). The third-order valence-electron chi connectivity index (χ3n) is 10.9. The molecule has 2 heterocycles. The number of sulfone groups is 2. The number of fused-ring (bicyclic) bond motifs is 2. The van der Waals surface area contributed by atoms with Gasteiger partial charge in [0, 0.05) is 84.4 Å². The van der Waals surface area contributed by atoms with Gasteiger partial charge in [0.2, 0.25) is 0 Å². The van der Waals surface area contributed by atoms with Crippen LogP contribution in [0.15, 0.2) is 82.6 Å². The van der Waals surface area contributed by atoms with E-state index in [1.54, 1.807) is 36.4 Å². The highest BCUT2D eigenvalue weighted by Gasteiger charge is 2.29. The first-order valence-electron chi connectivity index (χ1n) is 21.3. The van der Waals surface area contributed by atoms with E-state index in [1.165, 1.54) is 0 Å². The summed E-state index contributed by atoms with van der Waals surface area (Å²) in [6.07, 6.45) is 0.859. The van der Waals surface area contributed by atoms with Crippen molar-refractivity contribution in [3.63, 3.8) is 0 Å². The molecule has 0 spiro atoms. The van der Waals surface area contributed by atoms with Crippen LogP contribution >= 0.6 is 46.4 Å². The Bertz CT molecular complexity index is 2160. The largest absolute Gasteiger partial charge is 0.379 e. The Balaban J connectivity index is 0.000000241. The number of ether oxygens (including phenoxy) is 4. The molecule has 4 aromatic rings. The number of rotatable bonds is 22. The van der Waals surface area contributed by atoms with Crippen molar-refractivity contribution in [1.82, 2.24) is 9.80 Å². The summed E-state index contributed by atoms with van der Waals surface area (Å²) in [5.74, 6) is 0.227. The molecule has 18 heteroatoms. The van der Waals surface area contributed by atoms with Gasteiger partial charge in [0.05, 0.1) is 60.9 Å². The number of benzene rings is 4. The standard InChI is InChI=1S/2C23H30Cl2N2O4S/c2*1-27-15-21(20-13-18(24)14-23(25)22(20)16-27)17-3-5-19(6-4-17)32(28,29)12-2-8-30-10-11-31-9-7-26/h2*3-6,13-14,21H,2,7-12,15-16,26H2,1H3/t21-;/m0./s1. The van der Waals surface area contributed by atoms with E-state index in [0.29, 0.717) is 109 Å². The minimum atomic E-state index is -3.37. The summed E-state index contributed by atoms with van der Waals surface area (Å²) in [5, 5.41) is 2.54. The van der Waals surface area contributed by atoms with Crippen molar-refractivity contribution < 1.29 is 35.8 Å². The molecule has 64 heavy (non-hydrogen) atoms. The quantitative estimate of drug-likeness (QED) is 0.0749.